The second-order valence-corrected chi connectivity index (χ2v) is 5.26. The maximum absolute atomic E-state index is 12.9. The Hall–Kier alpha value is -2.02. The number of nitrogens with zero attached hydrogens (tertiary/aromatic N) is 2. The number of rotatable bonds is 7. The summed E-state index contributed by atoms with van der Waals surface area (Å²) in [5.41, 5.74) is -0.334. The first kappa shape index (κ1) is 17.0. The Kier molecular flexibility index (Phi) is 6.23. The number of amides is 1. The highest BCUT2D eigenvalue weighted by Gasteiger charge is 2.40. The Morgan fingerprint density at radius 3 is 2.33 bits per heavy atom. The highest BCUT2D eigenvalue weighted by Crippen LogP contribution is 2.34. The van der Waals surface area contributed by atoms with Gasteiger partial charge in [-0.05, 0) is 31.9 Å². The topological polar surface area (TPSA) is 64.3 Å². The van der Waals surface area contributed by atoms with Gasteiger partial charge in [0.2, 0.25) is 5.91 Å². The highest BCUT2D eigenvalue weighted by molar-refractivity contribution is 5.99. The van der Waals surface area contributed by atoms with Crippen LogP contribution in [-0.2, 0) is 4.79 Å². The molecule has 4 heteroatoms. The van der Waals surface area contributed by atoms with E-state index >= 15 is 0 Å². The van der Waals surface area contributed by atoms with Gasteiger partial charge in [-0.15, -0.1) is 0 Å². The summed E-state index contributed by atoms with van der Waals surface area (Å²) in [6, 6.07) is 8.87. The molecule has 4 nitrogen and oxygen atoms in total. The number of aromatic hydroxyl groups is 1. The van der Waals surface area contributed by atoms with Crippen LogP contribution in [0.2, 0.25) is 0 Å². The van der Waals surface area contributed by atoms with Crippen LogP contribution in [0, 0.1) is 16.7 Å². The standard InChI is InChI=1S/C17H24N2O2/c1-4-10-17(13-18,11-5-2)16(21)19(6-3)14-8-7-9-15(20)12-14/h7-9,12,20H,4-6,10-11H2,1-3H3. The Bertz CT molecular complexity index is 514. The third-order valence-electron chi connectivity index (χ3n) is 3.68. The van der Waals surface area contributed by atoms with Gasteiger partial charge >= 0.3 is 0 Å². The third kappa shape index (κ3) is 3.75. The molecule has 114 valence electrons. The largest absolute Gasteiger partial charge is 0.508 e. The molecule has 0 heterocycles. The molecule has 0 atom stereocenters. The lowest BCUT2D eigenvalue weighted by Crippen LogP contribution is -2.43. The highest BCUT2D eigenvalue weighted by atomic mass is 16.3. The van der Waals surface area contributed by atoms with Gasteiger partial charge in [-0.3, -0.25) is 4.79 Å². The van der Waals surface area contributed by atoms with Crippen LogP contribution < -0.4 is 4.90 Å². The van der Waals surface area contributed by atoms with Crippen molar-refractivity contribution >= 4 is 11.6 Å². The first-order valence-electron chi connectivity index (χ1n) is 7.56. The summed E-state index contributed by atoms with van der Waals surface area (Å²) < 4.78 is 0. The minimum absolute atomic E-state index is 0.118. The van der Waals surface area contributed by atoms with Crippen LogP contribution >= 0.6 is 0 Å². The van der Waals surface area contributed by atoms with E-state index in [2.05, 4.69) is 6.07 Å². The summed E-state index contributed by atoms with van der Waals surface area (Å²) in [7, 11) is 0. The third-order valence-corrected chi connectivity index (χ3v) is 3.68. The van der Waals surface area contributed by atoms with Crippen LogP contribution in [0.4, 0.5) is 5.69 Å². The van der Waals surface area contributed by atoms with E-state index in [0.717, 1.165) is 12.8 Å². The number of phenols is 1. The van der Waals surface area contributed by atoms with E-state index in [-0.39, 0.29) is 11.7 Å². The molecule has 0 aliphatic rings. The Morgan fingerprint density at radius 1 is 1.29 bits per heavy atom. The molecule has 0 radical (unpaired) electrons. The first-order chi connectivity index (χ1) is 10.0. The van der Waals surface area contributed by atoms with Crippen LogP contribution in [0.1, 0.15) is 46.5 Å². The normalized spacial score (nSPS) is 11.0. The van der Waals surface area contributed by atoms with Gasteiger partial charge in [0.1, 0.15) is 11.2 Å². The average molecular weight is 288 g/mol. The van der Waals surface area contributed by atoms with Crippen LogP contribution in [0.3, 0.4) is 0 Å². The summed E-state index contributed by atoms with van der Waals surface area (Å²) in [5.74, 6) is -0.0471. The smallest absolute Gasteiger partial charge is 0.247 e. The van der Waals surface area contributed by atoms with Crippen molar-refractivity contribution in [3.63, 3.8) is 0 Å². The first-order valence-corrected chi connectivity index (χ1v) is 7.56. The van der Waals surface area contributed by atoms with Crippen molar-refractivity contribution < 1.29 is 9.90 Å². The maximum atomic E-state index is 12.9. The molecule has 1 N–H and O–H groups in total. The summed E-state index contributed by atoms with van der Waals surface area (Å²) in [4.78, 5) is 14.5. The maximum Gasteiger partial charge on any atom is 0.247 e. The number of hydrogen-bond donors (Lipinski definition) is 1. The summed E-state index contributed by atoms with van der Waals surface area (Å²) in [6.07, 6.45) is 2.70. The zero-order chi connectivity index (χ0) is 15.9. The van der Waals surface area contributed by atoms with Gasteiger partial charge in [0, 0.05) is 18.3 Å². The van der Waals surface area contributed by atoms with Crippen molar-refractivity contribution in [3.05, 3.63) is 24.3 Å². The second kappa shape index (κ2) is 7.68. The van der Waals surface area contributed by atoms with Gasteiger partial charge in [-0.25, -0.2) is 0 Å². The fourth-order valence-electron chi connectivity index (χ4n) is 2.71. The predicted octanol–water partition coefficient (Wildman–Crippen LogP) is 3.86. The molecule has 0 saturated heterocycles. The quantitative estimate of drug-likeness (QED) is 0.828. The lowest BCUT2D eigenvalue weighted by molar-refractivity contribution is -0.126. The molecule has 1 rings (SSSR count). The molecule has 1 amide bonds. The molecule has 0 bridgehead atoms. The van der Waals surface area contributed by atoms with Crippen molar-refractivity contribution in [1.29, 1.82) is 5.26 Å². The van der Waals surface area contributed by atoms with E-state index in [1.165, 1.54) is 0 Å². The number of anilines is 1. The second-order valence-electron chi connectivity index (χ2n) is 5.26. The molecule has 0 saturated carbocycles. The summed E-state index contributed by atoms with van der Waals surface area (Å²) >= 11 is 0. The van der Waals surface area contributed by atoms with E-state index in [1.54, 1.807) is 29.2 Å². The number of carbonyl (C=O) groups excluding carboxylic acids is 1. The van der Waals surface area contributed by atoms with Gasteiger partial charge in [0.15, 0.2) is 0 Å². The number of phenolic OH excluding ortho intramolecular Hbond substituents is 1. The van der Waals surface area contributed by atoms with E-state index in [9.17, 15) is 15.2 Å². The molecule has 21 heavy (non-hydrogen) atoms. The SMILES string of the molecule is CCCC(C#N)(CCC)C(=O)N(CC)c1cccc(O)c1. The monoisotopic (exact) mass is 288 g/mol. The fourth-order valence-corrected chi connectivity index (χ4v) is 2.71. The van der Waals surface area contributed by atoms with Crippen molar-refractivity contribution in [3.8, 4) is 11.8 Å². The predicted molar refractivity (Wildman–Crippen MR) is 84.0 cm³/mol. The average Bonchev–Trinajstić information content (AvgIpc) is 2.47. The molecule has 1 aromatic carbocycles. The zero-order valence-electron chi connectivity index (χ0n) is 13.1. The molecular formula is C17H24N2O2. The molecule has 0 aliphatic heterocycles. The molecule has 0 unspecified atom stereocenters. The number of nitriles is 1. The van der Waals surface area contributed by atoms with Gasteiger partial charge < -0.3 is 10.0 Å². The Morgan fingerprint density at radius 2 is 1.90 bits per heavy atom. The molecule has 0 aliphatic carbocycles. The summed E-state index contributed by atoms with van der Waals surface area (Å²) in [6.45, 7) is 6.32. The lowest BCUT2D eigenvalue weighted by Gasteiger charge is -2.31. The van der Waals surface area contributed by atoms with Gasteiger partial charge in [0.05, 0.1) is 6.07 Å². The van der Waals surface area contributed by atoms with Crippen molar-refractivity contribution in [1.82, 2.24) is 0 Å². The Labute approximate surface area is 127 Å². The summed E-state index contributed by atoms with van der Waals surface area (Å²) in [5, 5.41) is 19.2. The zero-order valence-corrected chi connectivity index (χ0v) is 13.1. The molecular weight excluding hydrogens is 264 g/mol. The van der Waals surface area contributed by atoms with Crippen molar-refractivity contribution in [2.45, 2.75) is 46.5 Å². The minimum Gasteiger partial charge on any atom is -0.508 e. The number of carbonyl (C=O) groups is 1. The lowest BCUT2D eigenvalue weighted by atomic mass is 9.79. The fraction of sp³-hybridized carbons (Fsp3) is 0.529. The number of benzene rings is 1. The van der Waals surface area contributed by atoms with Crippen LogP contribution in [0.15, 0.2) is 24.3 Å². The molecule has 0 aromatic heterocycles. The van der Waals surface area contributed by atoms with Gasteiger partial charge in [-0.1, -0.05) is 32.8 Å². The van der Waals surface area contributed by atoms with E-state index in [0.29, 0.717) is 25.1 Å². The van der Waals surface area contributed by atoms with Crippen molar-refractivity contribution in [2.75, 3.05) is 11.4 Å². The van der Waals surface area contributed by atoms with Crippen LogP contribution in [-0.4, -0.2) is 17.6 Å². The van der Waals surface area contributed by atoms with Gasteiger partial charge in [0.25, 0.3) is 0 Å². The minimum atomic E-state index is -0.967. The number of hydrogen-bond acceptors (Lipinski definition) is 3. The Balaban J connectivity index is 3.19. The van der Waals surface area contributed by atoms with E-state index < -0.39 is 5.41 Å². The van der Waals surface area contributed by atoms with Crippen LogP contribution in [0.5, 0.6) is 5.75 Å². The van der Waals surface area contributed by atoms with E-state index in [1.807, 2.05) is 20.8 Å². The van der Waals surface area contributed by atoms with Gasteiger partial charge in [-0.2, -0.15) is 5.26 Å². The molecule has 0 spiro atoms. The van der Waals surface area contributed by atoms with Crippen LogP contribution in [0.25, 0.3) is 0 Å². The molecule has 1 aromatic rings. The van der Waals surface area contributed by atoms with E-state index in [4.69, 9.17) is 0 Å². The molecule has 0 fully saturated rings. The van der Waals surface area contributed by atoms with Crippen molar-refractivity contribution in [2.24, 2.45) is 5.41 Å².